The van der Waals surface area contributed by atoms with Gasteiger partial charge in [0, 0.05) is 44.3 Å². The molecule has 140 valence electrons. The van der Waals surface area contributed by atoms with Gasteiger partial charge in [-0.2, -0.15) is 5.26 Å². The summed E-state index contributed by atoms with van der Waals surface area (Å²) in [6, 6.07) is 19.5. The van der Waals surface area contributed by atoms with Crippen LogP contribution in [0.2, 0.25) is 0 Å². The van der Waals surface area contributed by atoms with Crippen LogP contribution < -0.4 is 0 Å². The highest BCUT2D eigenvalue weighted by atomic mass is 16.2. The molecule has 28 heavy (non-hydrogen) atoms. The maximum atomic E-state index is 13.1. The van der Waals surface area contributed by atoms with Crippen molar-refractivity contribution in [2.45, 2.75) is 13.0 Å². The van der Waals surface area contributed by atoms with Gasteiger partial charge in [-0.15, -0.1) is 0 Å². The number of benzene rings is 2. The molecule has 1 aliphatic rings. The summed E-state index contributed by atoms with van der Waals surface area (Å²) in [5.41, 5.74) is 3.32. The lowest BCUT2D eigenvalue weighted by molar-refractivity contribution is 0.0763. The number of rotatable bonds is 3. The molecule has 5 heteroatoms. The van der Waals surface area contributed by atoms with Gasteiger partial charge in [-0.05, 0) is 36.2 Å². The average Bonchev–Trinajstić information content (AvgIpc) is 2.99. The standard InChI is InChI=1S/C23H22N4O/c24-16-18-7-9-19(10-8-18)17-26-12-3-13-27(15-14-26)23(28)21-6-1-4-20-5-2-11-25-22(20)21/h1-2,4-11H,3,12-15,17H2. The lowest BCUT2D eigenvalue weighted by Crippen LogP contribution is -2.35. The number of carbonyl (C=O) groups is 1. The third kappa shape index (κ3) is 3.88. The van der Waals surface area contributed by atoms with Crippen LogP contribution in [-0.2, 0) is 6.54 Å². The van der Waals surface area contributed by atoms with Gasteiger partial charge in [0.05, 0.1) is 22.7 Å². The molecule has 4 rings (SSSR count). The number of pyridine rings is 1. The van der Waals surface area contributed by atoms with Crippen molar-refractivity contribution < 1.29 is 4.79 Å². The van der Waals surface area contributed by atoms with Crippen molar-refractivity contribution in [3.8, 4) is 6.07 Å². The molecule has 0 radical (unpaired) electrons. The Morgan fingerprint density at radius 1 is 1.00 bits per heavy atom. The van der Waals surface area contributed by atoms with Crippen LogP contribution in [0.15, 0.2) is 60.8 Å². The van der Waals surface area contributed by atoms with Crippen molar-refractivity contribution in [2.75, 3.05) is 26.2 Å². The topological polar surface area (TPSA) is 60.2 Å². The third-order valence-electron chi connectivity index (χ3n) is 5.23. The van der Waals surface area contributed by atoms with Crippen molar-refractivity contribution in [2.24, 2.45) is 0 Å². The highest BCUT2D eigenvalue weighted by Gasteiger charge is 2.22. The fourth-order valence-corrected chi connectivity index (χ4v) is 3.72. The molecule has 0 saturated carbocycles. The largest absolute Gasteiger partial charge is 0.337 e. The van der Waals surface area contributed by atoms with Crippen molar-refractivity contribution in [3.05, 3.63) is 77.5 Å². The van der Waals surface area contributed by atoms with Crippen LogP contribution in [-0.4, -0.2) is 46.9 Å². The van der Waals surface area contributed by atoms with Gasteiger partial charge < -0.3 is 4.90 Å². The number of aromatic nitrogens is 1. The molecule has 0 aliphatic carbocycles. The van der Waals surface area contributed by atoms with E-state index in [4.69, 9.17) is 5.26 Å². The van der Waals surface area contributed by atoms with E-state index >= 15 is 0 Å². The van der Waals surface area contributed by atoms with E-state index in [1.807, 2.05) is 59.5 Å². The second-order valence-corrected chi connectivity index (χ2v) is 7.11. The van der Waals surface area contributed by atoms with Crippen LogP contribution in [0.1, 0.15) is 27.9 Å². The van der Waals surface area contributed by atoms with E-state index in [-0.39, 0.29) is 5.91 Å². The van der Waals surface area contributed by atoms with Gasteiger partial charge in [0.2, 0.25) is 0 Å². The molecule has 1 fully saturated rings. The number of hydrogen-bond donors (Lipinski definition) is 0. The number of nitriles is 1. The molecular formula is C23H22N4O. The minimum atomic E-state index is 0.0597. The Hall–Kier alpha value is -3.23. The van der Waals surface area contributed by atoms with Crippen molar-refractivity contribution in [3.63, 3.8) is 0 Å². The SMILES string of the molecule is N#Cc1ccc(CN2CCCN(C(=O)c3cccc4cccnc34)CC2)cc1. The van der Waals surface area contributed by atoms with Crippen LogP contribution in [0, 0.1) is 11.3 Å². The summed E-state index contributed by atoms with van der Waals surface area (Å²) in [5, 5.41) is 9.92. The summed E-state index contributed by atoms with van der Waals surface area (Å²) in [6.07, 6.45) is 2.68. The summed E-state index contributed by atoms with van der Waals surface area (Å²) in [5.74, 6) is 0.0597. The Labute approximate surface area is 164 Å². The summed E-state index contributed by atoms with van der Waals surface area (Å²) < 4.78 is 0. The normalized spacial score (nSPS) is 15.2. The Bertz CT molecular complexity index is 1020. The highest BCUT2D eigenvalue weighted by molar-refractivity contribution is 6.05. The molecule has 3 aromatic rings. The number of fused-ring (bicyclic) bond motifs is 1. The Balaban J connectivity index is 1.44. The van der Waals surface area contributed by atoms with Crippen molar-refractivity contribution in [1.29, 1.82) is 5.26 Å². The lowest BCUT2D eigenvalue weighted by atomic mass is 10.1. The molecule has 1 amide bonds. The maximum Gasteiger partial charge on any atom is 0.256 e. The van der Waals surface area contributed by atoms with Crippen LogP contribution in [0.3, 0.4) is 0 Å². The Morgan fingerprint density at radius 3 is 2.64 bits per heavy atom. The van der Waals surface area contributed by atoms with E-state index in [2.05, 4.69) is 16.0 Å². The second kappa shape index (κ2) is 8.20. The summed E-state index contributed by atoms with van der Waals surface area (Å²) >= 11 is 0. The first-order valence-corrected chi connectivity index (χ1v) is 9.59. The van der Waals surface area contributed by atoms with Crippen LogP contribution in [0.5, 0.6) is 0 Å². The second-order valence-electron chi connectivity index (χ2n) is 7.11. The number of hydrogen-bond acceptors (Lipinski definition) is 4. The first-order chi connectivity index (χ1) is 13.7. The fraction of sp³-hybridized carbons (Fsp3) is 0.261. The molecular weight excluding hydrogens is 348 g/mol. The predicted octanol–water partition coefficient (Wildman–Crippen LogP) is 3.45. The summed E-state index contributed by atoms with van der Waals surface area (Å²) in [7, 11) is 0. The highest BCUT2D eigenvalue weighted by Crippen LogP contribution is 2.19. The van der Waals surface area contributed by atoms with E-state index in [1.54, 1.807) is 6.20 Å². The maximum absolute atomic E-state index is 13.1. The first kappa shape index (κ1) is 18.1. The zero-order chi connectivity index (χ0) is 19.3. The average molecular weight is 370 g/mol. The van der Waals surface area contributed by atoms with Gasteiger partial charge >= 0.3 is 0 Å². The number of carbonyl (C=O) groups excluding carboxylic acids is 1. The number of nitrogens with zero attached hydrogens (tertiary/aromatic N) is 4. The van der Waals surface area contributed by atoms with Gasteiger partial charge in [0.15, 0.2) is 0 Å². The third-order valence-corrected chi connectivity index (χ3v) is 5.23. The van der Waals surface area contributed by atoms with Crippen LogP contribution in [0.25, 0.3) is 10.9 Å². The quantitative estimate of drug-likeness (QED) is 0.708. The summed E-state index contributed by atoms with van der Waals surface area (Å²) in [4.78, 5) is 21.9. The molecule has 2 aromatic carbocycles. The smallest absolute Gasteiger partial charge is 0.256 e. The van der Waals surface area contributed by atoms with Crippen molar-refractivity contribution >= 4 is 16.8 Å². The predicted molar refractivity (Wildman–Crippen MR) is 109 cm³/mol. The van der Waals surface area contributed by atoms with Crippen molar-refractivity contribution in [1.82, 2.24) is 14.8 Å². The zero-order valence-electron chi connectivity index (χ0n) is 15.7. The van der Waals surface area contributed by atoms with Crippen LogP contribution in [0.4, 0.5) is 0 Å². The molecule has 0 unspecified atom stereocenters. The van der Waals surface area contributed by atoms with E-state index in [1.165, 1.54) is 5.56 Å². The monoisotopic (exact) mass is 370 g/mol. The molecule has 0 N–H and O–H groups in total. The molecule has 0 spiro atoms. The van der Waals surface area contributed by atoms with E-state index in [0.29, 0.717) is 17.7 Å². The van der Waals surface area contributed by atoms with Gasteiger partial charge in [-0.25, -0.2) is 0 Å². The fourth-order valence-electron chi connectivity index (χ4n) is 3.72. The molecule has 1 aromatic heterocycles. The number of para-hydroxylation sites is 1. The first-order valence-electron chi connectivity index (χ1n) is 9.59. The zero-order valence-corrected chi connectivity index (χ0v) is 15.7. The van der Waals surface area contributed by atoms with Gasteiger partial charge in [-0.1, -0.05) is 30.3 Å². The van der Waals surface area contributed by atoms with E-state index in [9.17, 15) is 4.79 Å². The molecule has 2 heterocycles. The molecule has 0 bridgehead atoms. The Morgan fingerprint density at radius 2 is 1.82 bits per heavy atom. The summed E-state index contributed by atoms with van der Waals surface area (Å²) in [6.45, 7) is 4.09. The van der Waals surface area contributed by atoms with Gasteiger partial charge in [0.25, 0.3) is 5.91 Å². The molecule has 5 nitrogen and oxygen atoms in total. The van der Waals surface area contributed by atoms with Gasteiger partial charge in [-0.3, -0.25) is 14.7 Å². The molecule has 1 saturated heterocycles. The minimum absolute atomic E-state index is 0.0597. The van der Waals surface area contributed by atoms with E-state index < -0.39 is 0 Å². The minimum Gasteiger partial charge on any atom is -0.337 e. The van der Waals surface area contributed by atoms with Gasteiger partial charge in [0.1, 0.15) is 0 Å². The van der Waals surface area contributed by atoms with E-state index in [0.717, 1.165) is 43.5 Å². The van der Waals surface area contributed by atoms with Crippen LogP contribution >= 0.6 is 0 Å². The lowest BCUT2D eigenvalue weighted by Gasteiger charge is -2.22. The Kier molecular flexibility index (Phi) is 5.31. The molecule has 1 aliphatic heterocycles. The molecule has 0 atom stereocenters. The number of amides is 1.